The number of aliphatic hydroxyl groups is 2. The molecule has 1 unspecified atom stereocenters. The van der Waals surface area contributed by atoms with E-state index in [-0.39, 0.29) is 54.4 Å². The first-order valence-electron chi connectivity index (χ1n) is 9.80. The summed E-state index contributed by atoms with van der Waals surface area (Å²) in [6.45, 7) is 11.3. The lowest BCUT2D eigenvalue weighted by Gasteiger charge is -2.21. The first-order valence-corrected chi connectivity index (χ1v) is 9.80. The number of hydrogen-bond donors (Lipinski definition) is 4. The van der Waals surface area contributed by atoms with Gasteiger partial charge in [0, 0.05) is 0 Å². The van der Waals surface area contributed by atoms with Crippen molar-refractivity contribution >= 4 is 11.8 Å². The van der Waals surface area contributed by atoms with Gasteiger partial charge in [-0.3, -0.25) is 9.59 Å². The largest absolute Gasteiger partial charge is 0.394 e. The molecule has 8 nitrogen and oxygen atoms in total. The lowest BCUT2D eigenvalue weighted by Crippen LogP contribution is -2.42. The van der Waals surface area contributed by atoms with Crippen molar-refractivity contribution in [2.45, 2.75) is 60.0 Å². The molecule has 0 aliphatic heterocycles. The lowest BCUT2D eigenvalue weighted by molar-refractivity contribution is 0.0875. The van der Waals surface area contributed by atoms with Gasteiger partial charge in [0.15, 0.2) is 11.4 Å². The van der Waals surface area contributed by atoms with Crippen molar-refractivity contribution in [3.05, 3.63) is 23.0 Å². The molecule has 4 N–H and O–H groups in total. The van der Waals surface area contributed by atoms with Crippen molar-refractivity contribution in [2.24, 2.45) is 17.8 Å². The second-order valence-corrected chi connectivity index (χ2v) is 8.21. The van der Waals surface area contributed by atoms with Gasteiger partial charge < -0.3 is 20.8 Å². The molecule has 0 bridgehead atoms. The fraction of sp³-hybridized carbons (Fsp3) is 0.700. The molecule has 158 valence electrons. The summed E-state index contributed by atoms with van der Waals surface area (Å²) in [5, 5.41) is 32.3. The normalized spacial score (nSPS) is 13.7. The highest BCUT2D eigenvalue weighted by molar-refractivity contribution is 5.96. The zero-order chi connectivity index (χ0) is 21.4. The van der Waals surface area contributed by atoms with Crippen LogP contribution in [0.2, 0.25) is 0 Å². The number of carbonyl (C=O) groups excluding carboxylic acids is 2. The molecule has 0 aliphatic carbocycles. The van der Waals surface area contributed by atoms with E-state index in [0.717, 1.165) is 0 Å². The first kappa shape index (κ1) is 24.0. The highest BCUT2D eigenvalue weighted by atomic mass is 16.3. The minimum absolute atomic E-state index is 0.0620. The van der Waals surface area contributed by atoms with Crippen LogP contribution in [0.1, 0.15) is 68.1 Å². The predicted molar refractivity (Wildman–Crippen MR) is 107 cm³/mol. The minimum Gasteiger partial charge on any atom is -0.394 e. The van der Waals surface area contributed by atoms with Crippen LogP contribution in [0.15, 0.2) is 6.07 Å². The van der Waals surface area contributed by atoms with Crippen LogP contribution in [0.5, 0.6) is 0 Å². The Balaban J connectivity index is 3.13. The van der Waals surface area contributed by atoms with Crippen molar-refractivity contribution in [3.63, 3.8) is 0 Å². The third-order valence-electron chi connectivity index (χ3n) is 4.58. The summed E-state index contributed by atoms with van der Waals surface area (Å²) in [5.41, 5.74) is 0.888. The third kappa shape index (κ3) is 6.83. The van der Waals surface area contributed by atoms with E-state index < -0.39 is 11.8 Å². The van der Waals surface area contributed by atoms with Crippen molar-refractivity contribution in [3.8, 4) is 0 Å². The number of nitrogens with one attached hydrogen (secondary N) is 2. The van der Waals surface area contributed by atoms with E-state index in [1.54, 1.807) is 6.07 Å². The number of nitrogens with zero attached hydrogens (tertiary/aromatic N) is 2. The maximum absolute atomic E-state index is 12.7. The van der Waals surface area contributed by atoms with Crippen LogP contribution in [-0.4, -0.2) is 57.5 Å². The molecule has 0 aliphatic rings. The van der Waals surface area contributed by atoms with E-state index in [1.807, 2.05) is 41.5 Å². The fourth-order valence-corrected chi connectivity index (χ4v) is 2.65. The molecule has 8 heteroatoms. The Morgan fingerprint density at radius 3 is 1.82 bits per heavy atom. The zero-order valence-electron chi connectivity index (χ0n) is 17.7. The molecular formula is C20H34N4O4. The average Bonchev–Trinajstić information content (AvgIpc) is 2.62. The average molecular weight is 395 g/mol. The summed E-state index contributed by atoms with van der Waals surface area (Å²) in [6, 6.07) is 0.803. The topological polar surface area (TPSA) is 124 Å². The van der Waals surface area contributed by atoms with E-state index in [9.17, 15) is 19.8 Å². The Hall–Kier alpha value is -2.06. The predicted octanol–water partition coefficient (Wildman–Crippen LogP) is 1.17. The Morgan fingerprint density at radius 2 is 1.39 bits per heavy atom. The monoisotopic (exact) mass is 394 g/mol. The van der Waals surface area contributed by atoms with Gasteiger partial charge in [0.25, 0.3) is 11.8 Å². The molecular weight excluding hydrogens is 360 g/mol. The molecule has 1 heterocycles. The van der Waals surface area contributed by atoms with Crippen LogP contribution >= 0.6 is 0 Å². The van der Waals surface area contributed by atoms with Gasteiger partial charge >= 0.3 is 0 Å². The molecule has 28 heavy (non-hydrogen) atoms. The Morgan fingerprint density at radius 1 is 0.893 bits per heavy atom. The zero-order valence-corrected chi connectivity index (χ0v) is 17.7. The minimum atomic E-state index is -0.437. The summed E-state index contributed by atoms with van der Waals surface area (Å²) >= 11 is 0. The Bertz CT molecular complexity index is 662. The maximum Gasteiger partial charge on any atom is 0.272 e. The summed E-state index contributed by atoms with van der Waals surface area (Å²) < 4.78 is 0. The number of hydrogen-bond acceptors (Lipinski definition) is 6. The van der Waals surface area contributed by atoms with Gasteiger partial charge in [-0.25, -0.2) is 0 Å². The molecule has 1 rings (SSSR count). The van der Waals surface area contributed by atoms with E-state index in [2.05, 4.69) is 20.8 Å². The summed E-state index contributed by atoms with van der Waals surface area (Å²) in [5.74, 6) is -0.488. The summed E-state index contributed by atoms with van der Waals surface area (Å²) in [4.78, 5) is 25.1. The SMILES string of the molecule is CC(C)Cc1cc(C(=O)N[C@H](CO)C(C)C)nnc1C(=O)NC(CO)C(C)C. The van der Waals surface area contributed by atoms with Crippen molar-refractivity contribution in [1.29, 1.82) is 0 Å². The van der Waals surface area contributed by atoms with E-state index in [4.69, 9.17) is 0 Å². The van der Waals surface area contributed by atoms with Gasteiger partial charge in [-0.05, 0) is 35.8 Å². The van der Waals surface area contributed by atoms with Gasteiger partial charge in [-0.2, -0.15) is 0 Å². The second-order valence-electron chi connectivity index (χ2n) is 8.21. The molecule has 2 atom stereocenters. The molecule has 1 aromatic rings. The van der Waals surface area contributed by atoms with Gasteiger partial charge in [0.2, 0.25) is 0 Å². The highest BCUT2D eigenvalue weighted by Gasteiger charge is 2.23. The van der Waals surface area contributed by atoms with E-state index in [0.29, 0.717) is 12.0 Å². The van der Waals surface area contributed by atoms with Crippen LogP contribution in [-0.2, 0) is 6.42 Å². The molecule has 2 amide bonds. The van der Waals surface area contributed by atoms with E-state index in [1.165, 1.54) is 0 Å². The molecule has 0 spiro atoms. The van der Waals surface area contributed by atoms with Crippen LogP contribution in [0.3, 0.4) is 0 Å². The van der Waals surface area contributed by atoms with Crippen LogP contribution < -0.4 is 10.6 Å². The first-order chi connectivity index (χ1) is 13.1. The van der Waals surface area contributed by atoms with Gasteiger partial charge in [0.05, 0.1) is 25.3 Å². The van der Waals surface area contributed by atoms with Crippen molar-refractivity contribution in [2.75, 3.05) is 13.2 Å². The van der Waals surface area contributed by atoms with Crippen molar-refractivity contribution in [1.82, 2.24) is 20.8 Å². The summed E-state index contributed by atoms with van der Waals surface area (Å²) in [6.07, 6.45) is 0.553. The lowest BCUT2D eigenvalue weighted by atomic mass is 9.99. The van der Waals surface area contributed by atoms with Crippen LogP contribution in [0.25, 0.3) is 0 Å². The van der Waals surface area contributed by atoms with E-state index >= 15 is 0 Å². The quantitative estimate of drug-likeness (QED) is 0.472. The van der Waals surface area contributed by atoms with Crippen molar-refractivity contribution < 1.29 is 19.8 Å². The molecule has 0 saturated carbocycles. The second kappa shape index (κ2) is 11.1. The van der Waals surface area contributed by atoms with Gasteiger partial charge in [-0.15, -0.1) is 10.2 Å². The number of carbonyl (C=O) groups is 2. The molecule has 0 fully saturated rings. The molecule has 0 radical (unpaired) electrons. The third-order valence-corrected chi connectivity index (χ3v) is 4.58. The standard InChI is InChI=1S/C20H34N4O4/c1-11(2)7-14-8-15(19(27)21-16(9-25)12(3)4)23-24-18(14)20(28)22-17(10-26)13(5)6/h8,11-13,16-17,25-26H,7,9-10H2,1-6H3,(H,21,27)(H,22,28)/t16-,17?/m1/s1. The number of amides is 2. The van der Waals surface area contributed by atoms with Crippen LogP contribution in [0, 0.1) is 17.8 Å². The highest BCUT2D eigenvalue weighted by Crippen LogP contribution is 2.14. The Labute approximate surface area is 167 Å². The maximum atomic E-state index is 12.7. The smallest absolute Gasteiger partial charge is 0.272 e. The van der Waals surface area contributed by atoms with Gasteiger partial charge in [-0.1, -0.05) is 41.5 Å². The number of aliphatic hydroxyl groups excluding tert-OH is 2. The molecule has 0 saturated heterocycles. The molecule has 1 aromatic heterocycles. The van der Waals surface area contributed by atoms with Gasteiger partial charge in [0.1, 0.15) is 0 Å². The summed E-state index contributed by atoms with van der Waals surface area (Å²) in [7, 11) is 0. The Kier molecular flexibility index (Phi) is 9.48. The number of aromatic nitrogens is 2. The number of rotatable bonds is 10. The molecule has 0 aromatic carbocycles. The fourth-order valence-electron chi connectivity index (χ4n) is 2.65. The van der Waals surface area contributed by atoms with Crippen LogP contribution in [0.4, 0.5) is 0 Å².